The van der Waals surface area contributed by atoms with E-state index in [1.807, 2.05) is 83.1 Å². The first-order valence-corrected chi connectivity index (χ1v) is 14.3. The Kier molecular flexibility index (Phi) is 6.12. The summed E-state index contributed by atoms with van der Waals surface area (Å²) in [6, 6.07) is 26.5. The summed E-state index contributed by atoms with van der Waals surface area (Å²) in [5.74, 6) is 1.71. The first-order valence-electron chi connectivity index (χ1n) is 14.3. The van der Waals surface area contributed by atoms with Crippen LogP contribution in [0.25, 0.3) is 27.9 Å². The molecular weight excluding hydrogens is 510 g/mol. The molecule has 0 bridgehead atoms. The van der Waals surface area contributed by atoms with Gasteiger partial charge < -0.3 is 15.7 Å². The molecule has 2 saturated heterocycles. The number of piperidine rings is 1. The van der Waals surface area contributed by atoms with Crippen molar-refractivity contribution in [3.63, 3.8) is 0 Å². The van der Waals surface area contributed by atoms with E-state index >= 15 is 0 Å². The largest absolute Gasteiger partial charge is 0.382 e. The van der Waals surface area contributed by atoms with E-state index in [-0.39, 0.29) is 11.8 Å². The number of hydrogen-bond acceptors (Lipinski definition) is 5. The summed E-state index contributed by atoms with van der Waals surface area (Å²) in [5, 5.41) is 11.7. The molecule has 3 aromatic carbocycles. The van der Waals surface area contributed by atoms with E-state index in [4.69, 9.17) is 10.7 Å². The van der Waals surface area contributed by atoms with Crippen LogP contribution in [0.3, 0.4) is 0 Å². The number of fused-ring (bicyclic) bond motifs is 2. The van der Waals surface area contributed by atoms with Crippen LogP contribution in [0.2, 0.25) is 0 Å². The third kappa shape index (κ3) is 4.37. The van der Waals surface area contributed by atoms with Gasteiger partial charge in [0.25, 0.3) is 0 Å². The highest BCUT2D eigenvalue weighted by molar-refractivity contribution is 5.85. The van der Waals surface area contributed by atoms with Crippen molar-refractivity contribution >= 4 is 17.2 Å². The summed E-state index contributed by atoms with van der Waals surface area (Å²) in [7, 11) is 0. The van der Waals surface area contributed by atoms with Gasteiger partial charge in [-0.2, -0.15) is 0 Å². The van der Waals surface area contributed by atoms with E-state index < -0.39 is 5.60 Å². The molecule has 0 saturated carbocycles. The second-order valence-electron chi connectivity index (χ2n) is 11.5. The number of rotatable bonds is 5. The Morgan fingerprint density at radius 3 is 2.49 bits per heavy atom. The number of nitrogens with zero attached hydrogens (tertiary/aromatic N) is 4. The number of amides is 1. The number of nitrogen functional groups attached to an aromatic ring is 1. The summed E-state index contributed by atoms with van der Waals surface area (Å²) in [4.78, 5) is 24.0. The van der Waals surface area contributed by atoms with E-state index in [0.717, 1.165) is 64.1 Å². The molecule has 206 valence electrons. The molecule has 41 heavy (non-hydrogen) atoms. The third-order valence-corrected chi connectivity index (χ3v) is 8.95. The zero-order valence-electron chi connectivity index (χ0n) is 23.1. The number of imidazole rings is 1. The number of nitrogens with two attached hydrogens (primary N) is 1. The minimum absolute atomic E-state index is 0.133. The molecule has 2 aliphatic heterocycles. The highest BCUT2D eigenvalue weighted by Gasteiger charge is 2.38. The lowest BCUT2D eigenvalue weighted by Crippen LogP contribution is -2.41. The van der Waals surface area contributed by atoms with E-state index in [1.165, 1.54) is 0 Å². The Bertz CT molecular complexity index is 1740. The van der Waals surface area contributed by atoms with Crippen LogP contribution in [-0.4, -0.2) is 42.9 Å². The standard InChI is InChI=1S/C34H33N5O2/c1-34(41,27-9-5-8-24(20-27)22-6-3-2-4-7-22)26-13-10-23(11-14-26)30-31-32(35)36-18-19-38(31)33(37-30)25-12-15-28-16-17-29(40)39(28)21-25/h2-11,13-14,18-20,25,28,41H,12,15-17,21H2,1H3,(H2,35,36)/t25-,28+,34?/m1/s1. The molecule has 1 amide bonds. The normalized spacial score (nSPS) is 20.2. The van der Waals surface area contributed by atoms with Gasteiger partial charge in [-0.1, -0.05) is 72.8 Å². The van der Waals surface area contributed by atoms with Gasteiger partial charge in [0.2, 0.25) is 5.91 Å². The fraction of sp³-hybridized carbons (Fsp3) is 0.265. The average Bonchev–Trinajstić information content (AvgIpc) is 3.59. The summed E-state index contributed by atoms with van der Waals surface area (Å²) < 4.78 is 2.04. The summed E-state index contributed by atoms with van der Waals surface area (Å²) in [6.45, 7) is 2.52. The molecule has 3 atom stereocenters. The maximum Gasteiger partial charge on any atom is 0.222 e. The third-order valence-electron chi connectivity index (χ3n) is 8.95. The number of carbonyl (C=O) groups excluding carboxylic acids is 1. The number of benzene rings is 3. The SMILES string of the molecule is CC(O)(c1ccc(-c2nc([C@@H]3CC[C@H]4CCC(=O)N4C3)n3ccnc(N)c23)cc1)c1cccc(-c2ccccc2)c1. The molecular formula is C34H33N5O2. The topological polar surface area (TPSA) is 96.8 Å². The van der Waals surface area contributed by atoms with Crippen molar-refractivity contribution in [2.75, 3.05) is 12.3 Å². The zero-order chi connectivity index (χ0) is 28.1. The quantitative estimate of drug-likeness (QED) is 0.293. The van der Waals surface area contributed by atoms with Crippen LogP contribution in [0.5, 0.6) is 0 Å². The van der Waals surface area contributed by atoms with Crippen LogP contribution in [0.4, 0.5) is 5.82 Å². The lowest BCUT2D eigenvalue weighted by Gasteiger charge is -2.34. The van der Waals surface area contributed by atoms with Crippen LogP contribution in [0.15, 0.2) is 91.3 Å². The molecule has 2 aliphatic rings. The molecule has 0 spiro atoms. The highest BCUT2D eigenvalue weighted by atomic mass is 16.3. The Hall–Kier alpha value is -4.49. The van der Waals surface area contributed by atoms with Crippen LogP contribution < -0.4 is 5.73 Å². The van der Waals surface area contributed by atoms with Crippen LogP contribution in [-0.2, 0) is 10.4 Å². The number of hydrogen-bond donors (Lipinski definition) is 2. The molecule has 4 heterocycles. The van der Waals surface area contributed by atoms with E-state index in [9.17, 15) is 9.90 Å². The highest BCUT2D eigenvalue weighted by Crippen LogP contribution is 2.39. The monoisotopic (exact) mass is 543 g/mol. The van der Waals surface area contributed by atoms with Crippen molar-refractivity contribution in [2.24, 2.45) is 0 Å². The zero-order valence-corrected chi connectivity index (χ0v) is 23.1. The second kappa shape index (κ2) is 9.85. The number of aromatic nitrogens is 3. The molecule has 3 N–H and O–H groups in total. The van der Waals surface area contributed by atoms with Gasteiger partial charge in [0.1, 0.15) is 28.5 Å². The predicted octanol–water partition coefficient (Wildman–Crippen LogP) is 5.77. The van der Waals surface area contributed by atoms with Gasteiger partial charge in [-0.15, -0.1) is 0 Å². The van der Waals surface area contributed by atoms with E-state index in [0.29, 0.717) is 24.8 Å². The van der Waals surface area contributed by atoms with E-state index in [2.05, 4.69) is 23.2 Å². The molecule has 7 rings (SSSR count). The van der Waals surface area contributed by atoms with Crippen molar-refractivity contribution in [3.05, 3.63) is 108 Å². The van der Waals surface area contributed by atoms with Crippen molar-refractivity contribution in [1.82, 2.24) is 19.3 Å². The van der Waals surface area contributed by atoms with Gasteiger partial charge in [-0.05, 0) is 54.5 Å². The number of carbonyl (C=O) groups is 1. The van der Waals surface area contributed by atoms with Gasteiger partial charge in [0.15, 0.2) is 0 Å². The van der Waals surface area contributed by atoms with Gasteiger partial charge >= 0.3 is 0 Å². The first kappa shape index (κ1) is 25.5. The second-order valence-corrected chi connectivity index (χ2v) is 11.5. The molecule has 0 aliphatic carbocycles. The lowest BCUT2D eigenvalue weighted by molar-refractivity contribution is -0.130. The first-order chi connectivity index (χ1) is 19.9. The van der Waals surface area contributed by atoms with Gasteiger partial charge in [0, 0.05) is 42.9 Å². The minimum atomic E-state index is -1.19. The average molecular weight is 544 g/mol. The fourth-order valence-corrected chi connectivity index (χ4v) is 6.61. The Labute approximate surface area is 239 Å². The Balaban J connectivity index is 1.23. The van der Waals surface area contributed by atoms with Crippen molar-refractivity contribution in [3.8, 4) is 22.4 Å². The summed E-state index contributed by atoms with van der Waals surface area (Å²) in [6.07, 6.45) is 7.20. The van der Waals surface area contributed by atoms with Crippen molar-refractivity contribution in [1.29, 1.82) is 0 Å². The predicted molar refractivity (Wildman–Crippen MR) is 160 cm³/mol. The summed E-state index contributed by atoms with van der Waals surface area (Å²) in [5.41, 5.74) is 11.4. The minimum Gasteiger partial charge on any atom is -0.382 e. The Morgan fingerprint density at radius 2 is 1.68 bits per heavy atom. The molecule has 7 nitrogen and oxygen atoms in total. The van der Waals surface area contributed by atoms with Crippen LogP contribution >= 0.6 is 0 Å². The van der Waals surface area contributed by atoms with Crippen LogP contribution in [0.1, 0.15) is 55.5 Å². The van der Waals surface area contributed by atoms with Crippen LogP contribution in [0, 0.1) is 0 Å². The smallest absolute Gasteiger partial charge is 0.222 e. The molecule has 2 fully saturated rings. The molecule has 0 radical (unpaired) electrons. The molecule has 2 aromatic heterocycles. The van der Waals surface area contributed by atoms with Gasteiger partial charge in [0.05, 0.1) is 0 Å². The maximum atomic E-state index is 12.5. The van der Waals surface area contributed by atoms with E-state index in [1.54, 1.807) is 6.20 Å². The van der Waals surface area contributed by atoms with Crippen molar-refractivity contribution < 1.29 is 9.90 Å². The Morgan fingerprint density at radius 1 is 0.902 bits per heavy atom. The summed E-state index contributed by atoms with van der Waals surface area (Å²) >= 11 is 0. The maximum absolute atomic E-state index is 12.5. The molecule has 1 unspecified atom stereocenters. The fourth-order valence-electron chi connectivity index (χ4n) is 6.61. The van der Waals surface area contributed by atoms with Gasteiger partial charge in [-0.3, -0.25) is 9.20 Å². The molecule has 5 aromatic rings. The van der Waals surface area contributed by atoms with Crippen molar-refractivity contribution in [2.45, 2.75) is 50.2 Å². The van der Waals surface area contributed by atoms with Gasteiger partial charge in [-0.25, -0.2) is 9.97 Å². The number of aliphatic hydroxyl groups is 1. The number of anilines is 1. The lowest BCUT2D eigenvalue weighted by atomic mass is 9.86. The molecule has 7 heteroatoms.